The van der Waals surface area contributed by atoms with Crippen LogP contribution in [-0.4, -0.2) is 23.9 Å². The van der Waals surface area contributed by atoms with E-state index in [1.54, 1.807) is 12.1 Å². The number of ether oxygens (including phenoxy) is 1. The van der Waals surface area contributed by atoms with Gasteiger partial charge in [-0.2, -0.15) is 0 Å². The van der Waals surface area contributed by atoms with Gasteiger partial charge in [0, 0.05) is 29.2 Å². The van der Waals surface area contributed by atoms with Gasteiger partial charge in [0.25, 0.3) is 5.91 Å². The maximum atomic E-state index is 12.6. The molecule has 4 nitrogen and oxygen atoms in total. The maximum Gasteiger partial charge on any atom is 0.251 e. The Balaban J connectivity index is 1.27. The standard InChI is InChI=1S/C27H29ClN2O2/c28-26-10-3-2-9-24(26)20-32-25-13-11-23(12-14-25)27(31)29-18-21-7-6-8-22(17-21)19-30-15-4-1-5-16-30/h2-3,6-14,17H,1,4-5,15-16,18-20H2,(H,29,31). The van der Waals surface area contributed by atoms with Crippen molar-refractivity contribution in [3.8, 4) is 5.75 Å². The molecule has 166 valence electrons. The van der Waals surface area contributed by atoms with Gasteiger partial charge in [0.15, 0.2) is 0 Å². The van der Waals surface area contributed by atoms with Crippen molar-refractivity contribution < 1.29 is 9.53 Å². The van der Waals surface area contributed by atoms with Crippen LogP contribution in [0.4, 0.5) is 0 Å². The molecular formula is C27H29ClN2O2. The van der Waals surface area contributed by atoms with E-state index in [-0.39, 0.29) is 5.91 Å². The van der Waals surface area contributed by atoms with Crippen LogP contribution >= 0.6 is 11.6 Å². The highest BCUT2D eigenvalue weighted by Crippen LogP contribution is 2.19. The van der Waals surface area contributed by atoms with Crippen molar-refractivity contribution in [3.63, 3.8) is 0 Å². The third-order valence-electron chi connectivity index (χ3n) is 5.77. The number of likely N-dealkylation sites (tertiary alicyclic amines) is 1. The number of carbonyl (C=O) groups is 1. The monoisotopic (exact) mass is 448 g/mol. The third-order valence-corrected chi connectivity index (χ3v) is 6.14. The summed E-state index contributed by atoms with van der Waals surface area (Å²) in [4.78, 5) is 15.1. The summed E-state index contributed by atoms with van der Waals surface area (Å²) in [7, 11) is 0. The van der Waals surface area contributed by atoms with Crippen LogP contribution in [0.5, 0.6) is 5.75 Å². The number of halogens is 1. The number of hydrogen-bond donors (Lipinski definition) is 1. The Morgan fingerprint density at radius 3 is 2.44 bits per heavy atom. The van der Waals surface area contributed by atoms with Crippen molar-refractivity contribution in [1.29, 1.82) is 0 Å². The minimum atomic E-state index is -0.0934. The van der Waals surface area contributed by atoms with E-state index in [0.29, 0.717) is 29.5 Å². The molecule has 0 aliphatic carbocycles. The molecule has 3 aromatic carbocycles. The number of carbonyl (C=O) groups excluding carboxylic acids is 1. The van der Waals surface area contributed by atoms with Crippen molar-refractivity contribution >= 4 is 17.5 Å². The fourth-order valence-corrected chi connectivity index (χ4v) is 4.17. The van der Waals surface area contributed by atoms with Gasteiger partial charge in [0.2, 0.25) is 0 Å². The lowest BCUT2D eigenvalue weighted by atomic mass is 10.1. The highest BCUT2D eigenvalue weighted by atomic mass is 35.5. The predicted molar refractivity (Wildman–Crippen MR) is 129 cm³/mol. The van der Waals surface area contributed by atoms with Crippen LogP contribution in [0, 0.1) is 0 Å². The van der Waals surface area contributed by atoms with Crippen molar-refractivity contribution in [2.45, 2.75) is 39.0 Å². The smallest absolute Gasteiger partial charge is 0.251 e. The van der Waals surface area contributed by atoms with Gasteiger partial charge in [-0.05, 0) is 67.4 Å². The molecule has 0 spiro atoms. The first-order chi connectivity index (χ1) is 15.7. The van der Waals surface area contributed by atoms with Gasteiger partial charge < -0.3 is 10.1 Å². The Kier molecular flexibility index (Phi) is 7.81. The summed E-state index contributed by atoms with van der Waals surface area (Å²) < 4.78 is 5.79. The van der Waals surface area contributed by atoms with E-state index >= 15 is 0 Å². The summed E-state index contributed by atoms with van der Waals surface area (Å²) in [6.07, 6.45) is 3.93. The molecule has 5 heteroatoms. The Bertz CT molecular complexity index is 1030. The molecule has 0 radical (unpaired) electrons. The minimum Gasteiger partial charge on any atom is -0.489 e. The molecule has 1 heterocycles. The number of piperidine rings is 1. The van der Waals surface area contributed by atoms with Crippen LogP contribution < -0.4 is 10.1 Å². The molecule has 1 N–H and O–H groups in total. The average molecular weight is 449 g/mol. The lowest BCUT2D eigenvalue weighted by Crippen LogP contribution is -2.29. The van der Waals surface area contributed by atoms with Gasteiger partial charge >= 0.3 is 0 Å². The fraction of sp³-hybridized carbons (Fsp3) is 0.296. The zero-order chi connectivity index (χ0) is 22.2. The summed E-state index contributed by atoms with van der Waals surface area (Å²) in [5.74, 6) is 0.607. The topological polar surface area (TPSA) is 41.6 Å². The van der Waals surface area contributed by atoms with E-state index in [1.807, 2.05) is 36.4 Å². The predicted octanol–water partition coefficient (Wildman–Crippen LogP) is 5.83. The Hall–Kier alpha value is -2.82. The van der Waals surface area contributed by atoms with E-state index in [4.69, 9.17) is 16.3 Å². The summed E-state index contributed by atoms with van der Waals surface area (Å²) in [6, 6.07) is 23.3. The second kappa shape index (κ2) is 11.2. The van der Waals surface area contributed by atoms with Crippen LogP contribution in [-0.2, 0) is 19.7 Å². The van der Waals surface area contributed by atoms with E-state index in [0.717, 1.165) is 17.7 Å². The zero-order valence-corrected chi connectivity index (χ0v) is 19.0. The molecule has 0 aromatic heterocycles. The summed E-state index contributed by atoms with van der Waals surface area (Å²) in [5, 5.41) is 3.70. The first-order valence-electron chi connectivity index (χ1n) is 11.2. The minimum absolute atomic E-state index is 0.0934. The second-order valence-corrected chi connectivity index (χ2v) is 8.65. The van der Waals surface area contributed by atoms with E-state index in [1.165, 1.54) is 37.9 Å². The molecule has 0 bridgehead atoms. The third kappa shape index (κ3) is 6.35. The summed E-state index contributed by atoms with van der Waals surface area (Å²) in [5.41, 5.74) is 3.96. The maximum absolute atomic E-state index is 12.6. The highest BCUT2D eigenvalue weighted by Gasteiger charge is 2.11. The van der Waals surface area contributed by atoms with Crippen LogP contribution in [0.1, 0.15) is 46.3 Å². The quantitative estimate of drug-likeness (QED) is 0.471. The van der Waals surface area contributed by atoms with Crippen LogP contribution in [0.25, 0.3) is 0 Å². The molecule has 1 amide bonds. The number of rotatable bonds is 8. The van der Waals surface area contributed by atoms with Crippen molar-refractivity contribution in [1.82, 2.24) is 10.2 Å². The number of nitrogens with one attached hydrogen (secondary N) is 1. The SMILES string of the molecule is O=C(NCc1cccc(CN2CCCCC2)c1)c1ccc(OCc2ccccc2Cl)cc1. The molecule has 0 unspecified atom stereocenters. The van der Waals surface area contributed by atoms with E-state index in [9.17, 15) is 4.79 Å². The van der Waals surface area contributed by atoms with Gasteiger partial charge in [-0.15, -0.1) is 0 Å². The van der Waals surface area contributed by atoms with Crippen molar-refractivity contribution in [2.24, 2.45) is 0 Å². The highest BCUT2D eigenvalue weighted by molar-refractivity contribution is 6.31. The average Bonchev–Trinajstić information content (AvgIpc) is 2.83. The lowest BCUT2D eigenvalue weighted by Gasteiger charge is -2.26. The molecule has 3 aromatic rings. The first kappa shape index (κ1) is 22.4. The van der Waals surface area contributed by atoms with Crippen molar-refractivity contribution in [2.75, 3.05) is 13.1 Å². The van der Waals surface area contributed by atoms with Crippen molar-refractivity contribution in [3.05, 3.63) is 100 Å². The van der Waals surface area contributed by atoms with Crippen LogP contribution in [0.15, 0.2) is 72.8 Å². The molecule has 1 aliphatic heterocycles. The Morgan fingerprint density at radius 1 is 0.906 bits per heavy atom. The molecule has 0 atom stereocenters. The second-order valence-electron chi connectivity index (χ2n) is 8.24. The normalized spacial score (nSPS) is 14.2. The fourth-order valence-electron chi connectivity index (χ4n) is 3.98. The molecule has 0 saturated carbocycles. The van der Waals surface area contributed by atoms with Crippen LogP contribution in [0.3, 0.4) is 0 Å². The molecule has 4 rings (SSSR count). The number of amides is 1. The van der Waals surface area contributed by atoms with Gasteiger partial charge in [0.05, 0.1) is 0 Å². The Morgan fingerprint density at radius 2 is 1.66 bits per heavy atom. The Labute approximate surface area is 195 Å². The summed E-state index contributed by atoms with van der Waals surface area (Å²) >= 11 is 6.17. The van der Waals surface area contributed by atoms with Gasteiger partial charge in [-0.3, -0.25) is 9.69 Å². The number of nitrogens with zero attached hydrogens (tertiary/aromatic N) is 1. The van der Waals surface area contributed by atoms with E-state index in [2.05, 4.69) is 34.5 Å². The van der Waals surface area contributed by atoms with Gasteiger partial charge in [0.1, 0.15) is 12.4 Å². The van der Waals surface area contributed by atoms with E-state index < -0.39 is 0 Å². The zero-order valence-electron chi connectivity index (χ0n) is 18.2. The molecule has 1 saturated heterocycles. The van der Waals surface area contributed by atoms with Gasteiger partial charge in [-0.1, -0.05) is 60.5 Å². The molecular weight excluding hydrogens is 420 g/mol. The van der Waals surface area contributed by atoms with Crippen LogP contribution in [0.2, 0.25) is 5.02 Å². The largest absolute Gasteiger partial charge is 0.489 e. The first-order valence-corrected chi connectivity index (χ1v) is 11.6. The van der Waals surface area contributed by atoms with Gasteiger partial charge in [-0.25, -0.2) is 0 Å². The molecule has 32 heavy (non-hydrogen) atoms. The number of hydrogen-bond acceptors (Lipinski definition) is 3. The lowest BCUT2D eigenvalue weighted by molar-refractivity contribution is 0.0951. The molecule has 1 aliphatic rings. The number of benzene rings is 3. The summed E-state index contributed by atoms with van der Waals surface area (Å²) in [6.45, 7) is 4.24. The molecule has 1 fully saturated rings.